The zero-order valence-corrected chi connectivity index (χ0v) is 11.0. The average molecular weight is 210 g/mol. The van der Waals surface area contributed by atoms with E-state index >= 15 is 0 Å². The summed E-state index contributed by atoms with van der Waals surface area (Å²) in [5.41, 5.74) is 0. The summed E-state index contributed by atoms with van der Waals surface area (Å²) >= 11 is 0. The van der Waals surface area contributed by atoms with Gasteiger partial charge in [0.05, 0.1) is 25.2 Å². The molecule has 88 valence electrons. The monoisotopic (exact) mass is 210 g/mol. The predicted molar refractivity (Wildman–Crippen MR) is 65.7 cm³/mol. The van der Waals surface area contributed by atoms with Crippen LogP contribution >= 0.6 is 0 Å². The second kappa shape index (κ2) is 4.08. The van der Waals surface area contributed by atoms with E-state index in [9.17, 15) is 0 Å². The second-order valence-corrected chi connectivity index (χ2v) is 6.16. The zero-order valence-electron chi connectivity index (χ0n) is 11.0. The van der Waals surface area contributed by atoms with Crippen LogP contribution in [-0.2, 0) is 0 Å². The van der Waals surface area contributed by atoms with Gasteiger partial charge in [-0.25, -0.2) is 0 Å². The maximum Gasteiger partial charge on any atom is 0.0894 e. The third-order valence-electron chi connectivity index (χ3n) is 5.87. The van der Waals surface area contributed by atoms with E-state index in [1.807, 2.05) is 0 Å². The van der Waals surface area contributed by atoms with Crippen LogP contribution in [0.3, 0.4) is 0 Å². The maximum atomic E-state index is 2.51. The van der Waals surface area contributed by atoms with E-state index in [2.05, 4.69) is 27.7 Å². The summed E-state index contributed by atoms with van der Waals surface area (Å²) in [6.07, 6.45) is 5.88. The normalized spacial score (nSPS) is 45.6. The van der Waals surface area contributed by atoms with Gasteiger partial charge in [-0.15, -0.1) is 0 Å². The largest absolute Gasteiger partial charge is 0.319 e. The Labute approximate surface area is 95.4 Å². The lowest BCUT2D eigenvalue weighted by Crippen LogP contribution is -2.56. The van der Waals surface area contributed by atoms with Crippen molar-refractivity contribution in [3.8, 4) is 0 Å². The molecule has 2 rings (SSSR count). The van der Waals surface area contributed by atoms with Gasteiger partial charge in [0.1, 0.15) is 0 Å². The van der Waals surface area contributed by atoms with E-state index in [0.29, 0.717) is 0 Å². The van der Waals surface area contributed by atoms with Crippen LogP contribution in [0.2, 0.25) is 0 Å². The first-order valence-electron chi connectivity index (χ1n) is 6.96. The van der Waals surface area contributed by atoms with Crippen molar-refractivity contribution in [2.45, 2.75) is 65.5 Å². The molecular formula is C14H28N+. The van der Waals surface area contributed by atoms with Gasteiger partial charge in [0.25, 0.3) is 0 Å². The number of quaternary nitrogens is 1. The molecule has 0 aromatic heterocycles. The molecule has 0 aromatic carbocycles. The van der Waals surface area contributed by atoms with Gasteiger partial charge in [0.15, 0.2) is 0 Å². The smallest absolute Gasteiger partial charge is 0.0894 e. The fourth-order valence-electron chi connectivity index (χ4n) is 4.28. The van der Waals surface area contributed by atoms with Crippen LogP contribution in [0.25, 0.3) is 0 Å². The quantitative estimate of drug-likeness (QED) is 0.537. The Morgan fingerprint density at radius 2 is 1.07 bits per heavy atom. The van der Waals surface area contributed by atoms with E-state index in [-0.39, 0.29) is 0 Å². The number of hydrogen-bond donors (Lipinski definition) is 0. The Balaban J connectivity index is 2.24. The van der Waals surface area contributed by atoms with Crippen molar-refractivity contribution in [2.75, 3.05) is 13.1 Å². The molecule has 0 saturated carbocycles. The molecule has 2 fully saturated rings. The molecule has 4 unspecified atom stereocenters. The summed E-state index contributed by atoms with van der Waals surface area (Å²) in [5.74, 6) is 1.83. The third-order valence-corrected chi connectivity index (χ3v) is 5.87. The van der Waals surface area contributed by atoms with E-state index in [0.717, 1.165) is 23.9 Å². The molecule has 1 nitrogen and oxygen atoms in total. The Morgan fingerprint density at radius 3 is 1.47 bits per heavy atom. The van der Waals surface area contributed by atoms with Crippen LogP contribution in [0, 0.1) is 11.8 Å². The predicted octanol–water partition coefficient (Wildman–Crippen LogP) is 3.44. The fraction of sp³-hybridized carbons (Fsp3) is 1.00. The van der Waals surface area contributed by atoms with Crippen LogP contribution in [0.5, 0.6) is 0 Å². The fourth-order valence-corrected chi connectivity index (χ4v) is 4.28. The number of nitrogens with zero attached hydrogens (tertiary/aromatic N) is 1. The van der Waals surface area contributed by atoms with E-state index < -0.39 is 0 Å². The molecule has 1 heteroatoms. The Hall–Kier alpha value is -0.0400. The molecule has 0 amide bonds. The van der Waals surface area contributed by atoms with Gasteiger partial charge >= 0.3 is 0 Å². The SMILES string of the molecule is CC1C(C)C(C)[N+]2(CCCCCC2)C1C. The lowest BCUT2D eigenvalue weighted by molar-refractivity contribution is -0.959. The molecule has 2 aliphatic heterocycles. The molecule has 0 radical (unpaired) electrons. The van der Waals surface area contributed by atoms with Gasteiger partial charge in [-0.3, -0.25) is 0 Å². The summed E-state index contributed by atoms with van der Waals surface area (Å²) in [6.45, 7) is 12.9. The van der Waals surface area contributed by atoms with E-state index in [1.165, 1.54) is 43.3 Å². The average Bonchev–Trinajstić information content (AvgIpc) is 2.49. The Bertz CT molecular complexity index is 199. The molecule has 0 aliphatic carbocycles. The van der Waals surface area contributed by atoms with Gasteiger partial charge in [0, 0.05) is 11.8 Å². The molecule has 2 heterocycles. The van der Waals surface area contributed by atoms with Crippen LogP contribution in [-0.4, -0.2) is 29.7 Å². The molecule has 15 heavy (non-hydrogen) atoms. The maximum absolute atomic E-state index is 2.51. The van der Waals surface area contributed by atoms with Gasteiger partial charge in [-0.1, -0.05) is 13.8 Å². The summed E-state index contributed by atoms with van der Waals surface area (Å²) in [4.78, 5) is 0. The first-order valence-corrected chi connectivity index (χ1v) is 6.96. The van der Waals surface area contributed by atoms with Crippen molar-refractivity contribution in [3.05, 3.63) is 0 Å². The minimum atomic E-state index is 0.896. The first kappa shape index (κ1) is 11.4. The zero-order chi connectivity index (χ0) is 11.1. The second-order valence-electron chi connectivity index (χ2n) is 6.16. The highest BCUT2D eigenvalue weighted by Gasteiger charge is 2.52. The lowest BCUT2D eigenvalue weighted by Gasteiger charge is -2.43. The summed E-state index contributed by atoms with van der Waals surface area (Å²) in [6, 6.07) is 1.79. The number of rotatable bonds is 0. The van der Waals surface area contributed by atoms with Crippen molar-refractivity contribution in [1.29, 1.82) is 0 Å². The van der Waals surface area contributed by atoms with Crippen LogP contribution in [0.4, 0.5) is 0 Å². The minimum absolute atomic E-state index is 0.896. The minimum Gasteiger partial charge on any atom is -0.319 e. The molecule has 0 aromatic rings. The highest BCUT2D eigenvalue weighted by Crippen LogP contribution is 2.43. The lowest BCUT2D eigenvalue weighted by atomic mass is 9.92. The van der Waals surface area contributed by atoms with Crippen molar-refractivity contribution < 1.29 is 4.48 Å². The summed E-state index contributed by atoms with van der Waals surface area (Å²) in [7, 11) is 0. The first-order chi connectivity index (χ1) is 7.09. The Kier molecular flexibility index (Phi) is 3.12. The van der Waals surface area contributed by atoms with Crippen molar-refractivity contribution in [1.82, 2.24) is 0 Å². The standard InChI is InChI=1S/C14H28N/c1-11-12(2)14(4)15(13(11)3)9-7-5-6-8-10-15/h11-14H,5-10H2,1-4H3/q+1. The molecule has 0 N–H and O–H groups in total. The van der Waals surface area contributed by atoms with Crippen LogP contribution in [0.15, 0.2) is 0 Å². The highest BCUT2D eigenvalue weighted by molar-refractivity contribution is 4.84. The van der Waals surface area contributed by atoms with Gasteiger partial charge < -0.3 is 4.48 Å². The molecule has 2 aliphatic rings. The number of hydrogen-bond acceptors (Lipinski definition) is 0. The highest BCUT2D eigenvalue weighted by atomic mass is 15.4. The topological polar surface area (TPSA) is 0 Å². The van der Waals surface area contributed by atoms with Crippen molar-refractivity contribution in [2.24, 2.45) is 11.8 Å². The van der Waals surface area contributed by atoms with Gasteiger partial charge in [-0.2, -0.15) is 0 Å². The van der Waals surface area contributed by atoms with Crippen molar-refractivity contribution >= 4 is 0 Å². The molecule has 4 atom stereocenters. The Morgan fingerprint density at radius 1 is 0.667 bits per heavy atom. The summed E-state index contributed by atoms with van der Waals surface area (Å²) < 4.78 is 1.45. The van der Waals surface area contributed by atoms with Gasteiger partial charge in [0.2, 0.25) is 0 Å². The summed E-state index contributed by atoms with van der Waals surface area (Å²) in [5, 5.41) is 0. The molecule has 0 bridgehead atoms. The van der Waals surface area contributed by atoms with Crippen molar-refractivity contribution in [3.63, 3.8) is 0 Å². The molecule has 1 spiro atoms. The van der Waals surface area contributed by atoms with E-state index in [4.69, 9.17) is 0 Å². The van der Waals surface area contributed by atoms with Crippen LogP contribution < -0.4 is 0 Å². The molecule has 2 saturated heterocycles. The van der Waals surface area contributed by atoms with Gasteiger partial charge in [-0.05, 0) is 39.5 Å². The molecular weight excluding hydrogens is 182 g/mol. The third kappa shape index (κ3) is 1.63. The van der Waals surface area contributed by atoms with E-state index in [1.54, 1.807) is 0 Å². The van der Waals surface area contributed by atoms with Crippen LogP contribution in [0.1, 0.15) is 53.4 Å².